The molecule has 0 spiro atoms. The molecule has 2 aromatic rings. The number of hydrogen-bond acceptors (Lipinski definition) is 4. The lowest BCUT2D eigenvalue weighted by atomic mass is 10.2. The van der Waals surface area contributed by atoms with Gasteiger partial charge in [0.2, 0.25) is 5.91 Å². The lowest BCUT2D eigenvalue weighted by Gasteiger charge is -2.35. The number of carbonyl (C=O) groups is 2. The van der Waals surface area contributed by atoms with Crippen LogP contribution in [0.4, 0.5) is 20.6 Å². The Morgan fingerprint density at radius 1 is 1.04 bits per heavy atom. The van der Waals surface area contributed by atoms with E-state index in [-0.39, 0.29) is 12.2 Å². The van der Waals surface area contributed by atoms with Gasteiger partial charge in [-0.05, 0) is 30.3 Å². The smallest absolute Gasteiger partial charge is 0.326 e. The number of imide groups is 1. The van der Waals surface area contributed by atoms with Gasteiger partial charge in [-0.2, -0.15) is 0 Å². The summed E-state index contributed by atoms with van der Waals surface area (Å²) in [7, 11) is 0. The number of anilines is 2. The van der Waals surface area contributed by atoms with E-state index in [0.717, 1.165) is 18.8 Å². The summed E-state index contributed by atoms with van der Waals surface area (Å²) in [4.78, 5) is 28.1. The zero-order chi connectivity index (χ0) is 19.2. The number of para-hydroxylation sites is 1. The fraction of sp³-hybridized carbons (Fsp3) is 0.263. The number of carbonyl (C=O) groups excluding carboxylic acids is 2. The fourth-order valence-electron chi connectivity index (χ4n) is 2.92. The second kappa shape index (κ2) is 8.83. The van der Waals surface area contributed by atoms with E-state index in [9.17, 15) is 14.0 Å². The minimum Gasteiger partial charge on any atom is -0.369 e. The van der Waals surface area contributed by atoms with Gasteiger partial charge in [0.25, 0.3) is 0 Å². The van der Waals surface area contributed by atoms with Crippen LogP contribution in [-0.2, 0) is 4.79 Å². The summed E-state index contributed by atoms with van der Waals surface area (Å²) in [6.45, 7) is 3.00. The van der Waals surface area contributed by atoms with Gasteiger partial charge in [-0.1, -0.05) is 29.8 Å². The van der Waals surface area contributed by atoms with Crippen LogP contribution in [0.3, 0.4) is 0 Å². The van der Waals surface area contributed by atoms with Crippen molar-refractivity contribution < 1.29 is 14.0 Å². The number of nitrogens with one attached hydrogen (secondary N) is 2. The lowest BCUT2D eigenvalue weighted by Crippen LogP contribution is -2.50. The first kappa shape index (κ1) is 19.1. The van der Waals surface area contributed by atoms with Gasteiger partial charge in [-0.3, -0.25) is 15.0 Å². The highest BCUT2D eigenvalue weighted by Gasteiger charge is 2.20. The number of halogens is 2. The van der Waals surface area contributed by atoms with E-state index in [4.69, 9.17) is 11.6 Å². The maximum absolute atomic E-state index is 13.5. The molecule has 3 rings (SSSR count). The number of benzene rings is 2. The summed E-state index contributed by atoms with van der Waals surface area (Å²) in [5.41, 5.74) is 1.08. The van der Waals surface area contributed by atoms with E-state index in [1.165, 1.54) is 18.2 Å². The predicted octanol–water partition coefficient (Wildman–Crippen LogP) is 2.95. The Kier molecular flexibility index (Phi) is 6.26. The molecule has 0 aliphatic carbocycles. The van der Waals surface area contributed by atoms with E-state index < -0.39 is 17.8 Å². The van der Waals surface area contributed by atoms with Crippen molar-refractivity contribution in [3.63, 3.8) is 0 Å². The second-order valence-electron chi connectivity index (χ2n) is 6.23. The topological polar surface area (TPSA) is 64.7 Å². The molecular weight excluding hydrogens is 371 g/mol. The molecule has 1 aliphatic heterocycles. The Balaban J connectivity index is 1.44. The third kappa shape index (κ3) is 5.42. The van der Waals surface area contributed by atoms with Crippen molar-refractivity contribution in [1.82, 2.24) is 10.2 Å². The first-order chi connectivity index (χ1) is 13.0. The molecule has 0 bridgehead atoms. The zero-order valence-electron chi connectivity index (χ0n) is 14.6. The molecule has 142 valence electrons. The van der Waals surface area contributed by atoms with Gasteiger partial charge < -0.3 is 10.2 Å². The largest absolute Gasteiger partial charge is 0.369 e. The maximum atomic E-state index is 13.5. The summed E-state index contributed by atoms with van der Waals surface area (Å²) in [6, 6.07) is 12.7. The van der Waals surface area contributed by atoms with Crippen LogP contribution in [0.1, 0.15) is 0 Å². The molecule has 0 saturated carbocycles. The van der Waals surface area contributed by atoms with Crippen LogP contribution in [0.5, 0.6) is 0 Å². The summed E-state index contributed by atoms with van der Waals surface area (Å²) in [6.07, 6.45) is 0. The van der Waals surface area contributed by atoms with Crippen molar-refractivity contribution in [3.8, 4) is 0 Å². The SMILES string of the molecule is O=C(CN1CCN(c2cccc(Cl)c2)CC1)NC(=O)Nc1ccccc1F. The standard InChI is InChI=1S/C19H20ClFN4O2/c20-14-4-3-5-15(12-14)25-10-8-24(9-11-25)13-18(26)23-19(27)22-17-7-2-1-6-16(17)21/h1-7,12H,8-11,13H2,(H2,22,23,26,27). The third-order valence-electron chi connectivity index (χ3n) is 4.29. The number of nitrogens with zero attached hydrogens (tertiary/aromatic N) is 2. The molecule has 27 heavy (non-hydrogen) atoms. The van der Waals surface area contributed by atoms with Crippen molar-refractivity contribution in [1.29, 1.82) is 0 Å². The maximum Gasteiger partial charge on any atom is 0.326 e. The highest BCUT2D eigenvalue weighted by atomic mass is 35.5. The average Bonchev–Trinajstić information content (AvgIpc) is 2.64. The van der Waals surface area contributed by atoms with Crippen LogP contribution in [0, 0.1) is 5.82 Å². The lowest BCUT2D eigenvalue weighted by molar-refractivity contribution is -0.121. The van der Waals surface area contributed by atoms with Crippen molar-refractivity contribution in [2.24, 2.45) is 0 Å². The van der Waals surface area contributed by atoms with Gasteiger partial charge in [-0.25, -0.2) is 9.18 Å². The van der Waals surface area contributed by atoms with Gasteiger partial charge in [0.1, 0.15) is 5.82 Å². The van der Waals surface area contributed by atoms with Crippen LogP contribution in [0.25, 0.3) is 0 Å². The van der Waals surface area contributed by atoms with Crippen LogP contribution in [0.2, 0.25) is 5.02 Å². The molecule has 1 aliphatic rings. The molecule has 2 N–H and O–H groups in total. The Bertz CT molecular complexity index is 825. The molecule has 2 aromatic carbocycles. The predicted molar refractivity (Wildman–Crippen MR) is 104 cm³/mol. The third-order valence-corrected chi connectivity index (χ3v) is 4.52. The molecule has 0 unspecified atom stereocenters. The van der Waals surface area contributed by atoms with Crippen LogP contribution < -0.4 is 15.5 Å². The Hall–Kier alpha value is -2.64. The van der Waals surface area contributed by atoms with Gasteiger partial charge in [0, 0.05) is 36.9 Å². The number of amides is 3. The normalized spacial score (nSPS) is 14.7. The molecule has 3 amide bonds. The van der Waals surface area contributed by atoms with Crippen molar-refractivity contribution in [2.75, 3.05) is 42.9 Å². The van der Waals surface area contributed by atoms with Crippen molar-refractivity contribution in [3.05, 3.63) is 59.4 Å². The van der Waals surface area contributed by atoms with Crippen molar-refractivity contribution >= 4 is 34.9 Å². The Morgan fingerprint density at radius 2 is 1.78 bits per heavy atom. The Labute approximate surface area is 161 Å². The number of hydrogen-bond donors (Lipinski definition) is 2. The van der Waals surface area contributed by atoms with Crippen LogP contribution >= 0.6 is 11.6 Å². The van der Waals surface area contributed by atoms with Gasteiger partial charge >= 0.3 is 6.03 Å². The van der Waals surface area contributed by atoms with Gasteiger partial charge in [0.15, 0.2) is 0 Å². The molecule has 0 radical (unpaired) electrons. The van der Waals surface area contributed by atoms with E-state index in [2.05, 4.69) is 15.5 Å². The molecule has 8 heteroatoms. The van der Waals surface area contributed by atoms with Crippen LogP contribution in [-0.4, -0.2) is 49.6 Å². The van der Waals surface area contributed by atoms with E-state index in [1.807, 2.05) is 29.2 Å². The molecule has 0 aromatic heterocycles. The summed E-state index contributed by atoms with van der Waals surface area (Å²) in [5.74, 6) is -0.989. The highest BCUT2D eigenvalue weighted by molar-refractivity contribution is 6.30. The fourth-order valence-corrected chi connectivity index (χ4v) is 3.11. The molecular formula is C19H20ClFN4O2. The molecule has 1 heterocycles. The molecule has 6 nitrogen and oxygen atoms in total. The minimum absolute atomic E-state index is 0.0259. The van der Waals surface area contributed by atoms with E-state index >= 15 is 0 Å². The Morgan fingerprint density at radius 3 is 2.48 bits per heavy atom. The summed E-state index contributed by atoms with van der Waals surface area (Å²) in [5, 5.41) is 5.24. The number of piperazine rings is 1. The summed E-state index contributed by atoms with van der Waals surface area (Å²) < 4.78 is 13.5. The van der Waals surface area contributed by atoms with Gasteiger partial charge in [0.05, 0.1) is 12.2 Å². The van der Waals surface area contributed by atoms with E-state index in [0.29, 0.717) is 18.1 Å². The first-order valence-corrected chi connectivity index (χ1v) is 8.97. The quantitative estimate of drug-likeness (QED) is 0.842. The van der Waals surface area contributed by atoms with Crippen LogP contribution in [0.15, 0.2) is 48.5 Å². The van der Waals surface area contributed by atoms with Crippen molar-refractivity contribution in [2.45, 2.75) is 0 Å². The first-order valence-electron chi connectivity index (χ1n) is 8.59. The monoisotopic (exact) mass is 390 g/mol. The minimum atomic E-state index is -0.748. The van der Waals surface area contributed by atoms with Gasteiger partial charge in [-0.15, -0.1) is 0 Å². The van der Waals surface area contributed by atoms with E-state index in [1.54, 1.807) is 6.07 Å². The summed E-state index contributed by atoms with van der Waals surface area (Å²) >= 11 is 6.03. The zero-order valence-corrected chi connectivity index (χ0v) is 15.4. The number of rotatable bonds is 4. The molecule has 0 atom stereocenters. The highest BCUT2D eigenvalue weighted by Crippen LogP contribution is 2.20. The second-order valence-corrected chi connectivity index (χ2v) is 6.66. The average molecular weight is 391 g/mol. The number of urea groups is 1. The molecule has 1 saturated heterocycles. The molecule has 1 fully saturated rings.